The van der Waals surface area contributed by atoms with E-state index >= 15 is 0 Å². The van der Waals surface area contributed by atoms with E-state index in [4.69, 9.17) is 4.74 Å². The molecule has 3 aliphatic carbocycles. The van der Waals surface area contributed by atoms with Crippen LogP contribution in [-0.2, 0) is 9.53 Å². The van der Waals surface area contributed by atoms with Crippen molar-refractivity contribution >= 4 is 6.29 Å². The summed E-state index contributed by atoms with van der Waals surface area (Å²) >= 11 is 0. The molecule has 0 amide bonds. The molecule has 0 aromatic rings. The Bertz CT molecular complexity index is 1190. The number of ether oxygens (including phenoxy) is 1. The predicted molar refractivity (Wildman–Crippen MR) is 204 cm³/mol. The summed E-state index contributed by atoms with van der Waals surface area (Å²) in [5.41, 5.74) is 2.68. The lowest BCUT2D eigenvalue weighted by Gasteiger charge is -2.57. The Morgan fingerprint density at radius 2 is 1.90 bits per heavy atom. The second-order valence-electron chi connectivity index (χ2n) is 15.4. The first kappa shape index (κ1) is 42.5. The van der Waals surface area contributed by atoms with Gasteiger partial charge in [-0.1, -0.05) is 66.9 Å². The van der Waals surface area contributed by atoms with Crippen LogP contribution in [0.15, 0.2) is 58.7 Å². The molecular formula is C42H70N2O6. The summed E-state index contributed by atoms with van der Waals surface area (Å²) in [5.74, 6) is 0.178. The number of aliphatic hydroxyl groups is 4. The summed E-state index contributed by atoms with van der Waals surface area (Å²) in [4.78, 5) is 12.0. The largest absolute Gasteiger partial charge is 0.396 e. The van der Waals surface area contributed by atoms with Crippen molar-refractivity contribution in [2.24, 2.45) is 23.2 Å². The Morgan fingerprint density at radius 1 is 1.14 bits per heavy atom. The predicted octanol–water partition coefficient (Wildman–Crippen LogP) is 6.11. The average Bonchev–Trinajstić information content (AvgIpc) is 3.47. The molecule has 3 aliphatic rings. The van der Waals surface area contributed by atoms with Crippen molar-refractivity contribution in [3.05, 3.63) is 58.7 Å². The molecule has 50 heavy (non-hydrogen) atoms. The summed E-state index contributed by atoms with van der Waals surface area (Å²) in [6.45, 7) is 10.4. The molecule has 0 saturated heterocycles. The van der Waals surface area contributed by atoms with Crippen molar-refractivity contribution in [2.75, 3.05) is 47.1 Å². The van der Waals surface area contributed by atoms with Crippen LogP contribution in [0.25, 0.3) is 0 Å². The van der Waals surface area contributed by atoms with Gasteiger partial charge in [-0.05, 0) is 127 Å². The topological polar surface area (TPSA) is 131 Å². The van der Waals surface area contributed by atoms with Crippen LogP contribution in [0, 0.1) is 23.2 Å². The molecule has 3 rings (SSSR count). The smallest absolute Gasteiger partial charge is 0.145 e. The lowest BCUT2D eigenvalue weighted by molar-refractivity contribution is -0.180. The molecule has 8 nitrogen and oxygen atoms in total. The molecule has 0 radical (unpaired) electrons. The van der Waals surface area contributed by atoms with Gasteiger partial charge in [0.05, 0.1) is 18.3 Å². The highest BCUT2D eigenvalue weighted by Crippen LogP contribution is 2.63. The van der Waals surface area contributed by atoms with Gasteiger partial charge < -0.3 is 35.8 Å². The van der Waals surface area contributed by atoms with Gasteiger partial charge in [0.25, 0.3) is 0 Å². The van der Waals surface area contributed by atoms with Crippen molar-refractivity contribution in [3.8, 4) is 0 Å². The Hall–Kier alpha value is -1.91. The Morgan fingerprint density at radius 3 is 2.56 bits per heavy atom. The molecule has 6 atom stereocenters. The van der Waals surface area contributed by atoms with E-state index in [0.717, 1.165) is 61.3 Å². The van der Waals surface area contributed by atoms with E-state index in [2.05, 4.69) is 30.2 Å². The molecule has 284 valence electrons. The fourth-order valence-corrected chi connectivity index (χ4v) is 9.52. The van der Waals surface area contributed by atoms with Gasteiger partial charge >= 0.3 is 0 Å². The molecule has 6 N–H and O–H groups in total. The molecule has 8 heteroatoms. The van der Waals surface area contributed by atoms with Crippen LogP contribution in [0.1, 0.15) is 110 Å². The standard InChI is InChI=1S/C42H70N2O6/c1-31(12-9-14-32(2)28-44-39(21-27-50-5)34-15-7-6-8-16-34)13-10-17-35(30-47)37-20-23-42(40(37)48)38(18-11-26-45)36(33(3)29-46)19-22-41(42,49)24-25-43-4/h10,13-14,17,29,34,37-40,43-45,47-49H,1,6-9,11-12,15-16,18-28,30H2,2-5H3/b13-10-,32-14+,35-17-,36-33-/t37-,38-,39+,40+,41-,42+/m0/s1. The van der Waals surface area contributed by atoms with Crippen LogP contribution in [0.2, 0.25) is 0 Å². The number of methoxy groups -OCH3 is 1. The summed E-state index contributed by atoms with van der Waals surface area (Å²) in [6.07, 6.45) is 21.4. The zero-order valence-corrected chi connectivity index (χ0v) is 31.7. The first-order valence-corrected chi connectivity index (χ1v) is 19.5. The number of carbonyl (C=O) groups excluding carboxylic acids is 1. The van der Waals surface area contributed by atoms with Crippen molar-refractivity contribution in [3.63, 3.8) is 0 Å². The molecule has 0 aromatic heterocycles. The van der Waals surface area contributed by atoms with E-state index in [1.54, 1.807) is 7.11 Å². The van der Waals surface area contributed by atoms with Gasteiger partial charge in [-0.3, -0.25) is 4.79 Å². The lowest BCUT2D eigenvalue weighted by atomic mass is 9.51. The van der Waals surface area contributed by atoms with E-state index in [0.29, 0.717) is 63.1 Å². The highest BCUT2D eigenvalue weighted by atomic mass is 16.5. The van der Waals surface area contributed by atoms with Gasteiger partial charge in [-0.25, -0.2) is 0 Å². The molecule has 0 aliphatic heterocycles. The third-order valence-electron chi connectivity index (χ3n) is 12.4. The second kappa shape index (κ2) is 21.6. The number of nitrogens with one attached hydrogen (secondary N) is 2. The third-order valence-corrected chi connectivity index (χ3v) is 12.4. The summed E-state index contributed by atoms with van der Waals surface area (Å²) < 4.78 is 5.40. The number of hydrogen-bond acceptors (Lipinski definition) is 8. The minimum absolute atomic E-state index is 0.00690. The van der Waals surface area contributed by atoms with Gasteiger partial charge in [-0.15, -0.1) is 0 Å². The van der Waals surface area contributed by atoms with Crippen LogP contribution in [0.4, 0.5) is 0 Å². The third kappa shape index (κ3) is 10.8. The summed E-state index contributed by atoms with van der Waals surface area (Å²) in [6, 6.07) is 0.503. The minimum Gasteiger partial charge on any atom is -0.396 e. The average molecular weight is 699 g/mol. The van der Waals surface area contributed by atoms with Crippen molar-refractivity contribution in [2.45, 2.75) is 128 Å². The second-order valence-corrected chi connectivity index (χ2v) is 15.4. The van der Waals surface area contributed by atoms with Crippen molar-refractivity contribution in [1.82, 2.24) is 10.6 Å². The van der Waals surface area contributed by atoms with Crippen LogP contribution in [-0.4, -0.2) is 91.5 Å². The summed E-state index contributed by atoms with van der Waals surface area (Å²) in [7, 11) is 3.64. The normalized spacial score (nSPS) is 30.0. The van der Waals surface area contributed by atoms with Gasteiger partial charge in [0.2, 0.25) is 0 Å². The number of allylic oxidation sites excluding steroid dienone is 7. The molecule has 0 heterocycles. The maximum absolute atomic E-state index is 12.4. The lowest BCUT2D eigenvalue weighted by Crippen LogP contribution is -2.61. The SMILES string of the molecule is C=C(/C=C\C=C(\CO)[C@@H]1CC[C@]2([C@@H]1O)[C@@H](CCCO)/C(=C(/C)C=O)CC[C@]2(O)CCNC)CC/C=C(\C)CN[C@H](CCOC)C1CCCCC1. The van der Waals surface area contributed by atoms with Gasteiger partial charge in [0, 0.05) is 44.2 Å². The van der Waals surface area contributed by atoms with E-state index in [1.807, 2.05) is 32.2 Å². The zero-order chi connectivity index (χ0) is 36.6. The number of rotatable bonds is 21. The molecule has 0 unspecified atom stereocenters. The molecule has 3 saturated carbocycles. The van der Waals surface area contributed by atoms with Crippen LogP contribution >= 0.6 is 0 Å². The Balaban J connectivity index is 1.68. The number of aliphatic hydroxyl groups excluding tert-OH is 3. The van der Waals surface area contributed by atoms with E-state index in [1.165, 1.54) is 37.7 Å². The number of hydrogen-bond donors (Lipinski definition) is 6. The van der Waals surface area contributed by atoms with Crippen molar-refractivity contribution < 1.29 is 30.0 Å². The van der Waals surface area contributed by atoms with Gasteiger partial charge in [0.15, 0.2) is 0 Å². The number of carbonyl (C=O) groups is 1. The monoisotopic (exact) mass is 699 g/mol. The molecule has 3 fully saturated rings. The molecule has 0 bridgehead atoms. The fourth-order valence-electron chi connectivity index (χ4n) is 9.52. The van der Waals surface area contributed by atoms with E-state index in [9.17, 15) is 25.2 Å². The summed E-state index contributed by atoms with van der Waals surface area (Å²) in [5, 5.41) is 51.9. The van der Waals surface area contributed by atoms with Gasteiger partial charge in [-0.2, -0.15) is 0 Å². The maximum Gasteiger partial charge on any atom is 0.145 e. The van der Waals surface area contributed by atoms with E-state index in [-0.39, 0.29) is 25.0 Å². The first-order chi connectivity index (χ1) is 24.1. The van der Waals surface area contributed by atoms with Gasteiger partial charge in [0.1, 0.15) is 6.29 Å². The first-order valence-electron chi connectivity index (χ1n) is 19.5. The molecule has 0 aromatic carbocycles. The minimum atomic E-state index is -1.15. The van der Waals surface area contributed by atoms with Crippen LogP contribution < -0.4 is 10.6 Å². The highest BCUT2D eigenvalue weighted by molar-refractivity contribution is 5.74. The van der Waals surface area contributed by atoms with Crippen molar-refractivity contribution in [1.29, 1.82) is 0 Å². The zero-order valence-electron chi connectivity index (χ0n) is 31.7. The molecular weight excluding hydrogens is 628 g/mol. The quantitative estimate of drug-likeness (QED) is 0.0366. The number of aldehydes is 1. The van der Waals surface area contributed by atoms with Crippen LogP contribution in [0.5, 0.6) is 0 Å². The van der Waals surface area contributed by atoms with Crippen LogP contribution in [0.3, 0.4) is 0 Å². The molecule has 1 spiro atoms. The highest BCUT2D eigenvalue weighted by Gasteiger charge is 2.65. The Labute approximate surface area is 303 Å². The van der Waals surface area contributed by atoms with E-state index < -0.39 is 17.1 Å². The fraction of sp³-hybridized carbons (Fsp3) is 0.738. The maximum atomic E-state index is 12.4. The Kier molecular flexibility index (Phi) is 18.3.